The molecule has 16 heavy (non-hydrogen) atoms. The molecule has 0 aromatic heterocycles. The number of carbonyl (C=O) groups excluding carboxylic acids is 1. The largest absolute Gasteiger partial charge is 0.399 e. The van der Waals surface area contributed by atoms with Gasteiger partial charge < -0.3 is 15.7 Å². The Morgan fingerprint density at radius 3 is 2.75 bits per heavy atom. The molecule has 1 aromatic rings. The lowest BCUT2D eigenvalue weighted by molar-refractivity contribution is 0.0704. The molecule has 0 fully saturated rings. The van der Waals surface area contributed by atoms with Crippen molar-refractivity contribution in [2.24, 2.45) is 0 Å². The molecule has 0 aliphatic rings. The average Bonchev–Trinajstić information content (AvgIpc) is 2.15. The minimum absolute atomic E-state index is 0.231. The topological polar surface area (TPSA) is 66.6 Å². The van der Waals surface area contributed by atoms with Crippen molar-refractivity contribution in [1.82, 2.24) is 4.90 Å². The molecule has 0 spiro atoms. The van der Waals surface area contributed by atoms with E-state index in [9.17, 15) is 9.90 Å². The Morgan fingerprint density at radius 1 is 1.62 bits per heavy atom. The summed E-state index contributed by atoms with van der Waals surface area (Å²) >= 11 is 5.92. The number of amides is 1. The number of anilines is 1. The van der Waals surface area contributed by atoms with Crippen molar-refractivity contribution in [2.75, 3.05) is 19.3 Å². The van der Waals surface area contributed by atoms with Gasteiger partial charge in [-0.2, -0.15) is 0 Å². The number of hydrogen-bond acceptors (Lipinski definition) is 3. The van der Waals surface area contributed by atoms with Gasteiger partial charge in [-0.1, -0.05) is 11.6 Å². The van der Waals surface area contributed by atoms with Gasteiger partial charge in [-0.3, -0.25) is 4.79 Å². The SMILES string of the molecule is CC(O)CN(C)C(=O)c1ccc(N)cc1Cl. The molecule has 0 saturated heterocycles. The molecule has 0 aliphatic carbocycles. The molecule has 1 rings (SSSR count). The first kappa shape index (κ1) is 12.8. The highest BCUT2D eigenvalue weighted by molar-refractivity contribution is 6.34. The maximum Gasteiger partial charge on any atom is 0.255 e. The van der Waals surface area contributed by atoms with Gasteiger partial charge in [0.2, 0.25) is 0 Å². The molecule has 1 unspecified atom stereocenters. The maximum absolute atomic E-state index is 11.9. The first-order valence-corrected chi connectivity index (χ1v) is 5.28. The summed E-state index contributed by atoms with van der Waals surface area (Å²) in [5, 5.41) is 9.51. The first-order valence-electron chi connectivity index (χ1n) is 4.90. The average molecular weight is 243 g/mol. The summed E-state index contributed by atoms with van der Waals surface area (Å²) in [5.74, 6) is -0.231. The van der Waals surface area contributed by atoms with Crippen LogP contribution in [-0.4, -0.2) is 35.6 Å². The highest BCUT2D eigenvalue weighted by atomic mass is 35.5. The summed E-state index contributed by atoms with van der Waals surface area (Å²) in [5.41, 5.74) is 6.44. The van der Waals surface area contributed by atoms with Crippen molar-refractivity contribution in [3.63, 3.8) is 0 Å². The first-order chi connectivity index (χ1) is 7.41. The third kappa shape index (κ3) is 3.12. The Hall–Kier alpha value is -1.26. The Labute approximate surface area is 99.6 Å². The van der Waals surface area contributed by atoms with Crippen LogP contribution in [0, 0.1) is 0 Å². The fourth-order valence-electron chi connectivity index (χ4n) is 1.39. The number of benzene rings is 1. The van der Waals surface area contributed by atoms with E-state index in [4.69, 9.17) is 17.3 Å². The molecule has 0 saturated carbocycles. The predicted molar refractivity (Wildman–Crippen MR) is 64.5 cm³/mol. The molecule has 1 atom stereocenters. The summed E-state index contributed by atoms with van der Waals surface area (Å²) in [6.45, 7) is 1.88. The maximum atomic E-state index is 11.9. The molecule has 0 radical (unpaired) electrons. The van der Waals surface area contributed by atoms with Crippen LogP contribution >= 0.6 is 11.6 Å². The quantitative estimate of drug-likeness (QED) is 0.787. The van der Waals surface area contributed by atoms with Gasteiger partial charge in [0.15, 0.2) is 0 Å². The van der Waals surface area contributed by atoms with E-state index in [1.54, 1.807) is 26.1 Å². The number of nitrogens with zero attached hydrogens (tertiary/aromatic N) is 1. The summed E-state index contributed by atoms with van der Waals surface area (Å²) in [4.78, 5) is 13.3. The van der Waals surface area contributed by atoms with E-state index in [0.29, 0.717) is 16.3 Å². The number of rotatable bonds is 3. The van der Waals surface area contributed by atoms with Gasteiger partial charge in [0, 0.05) is 19.3 Å². The van der Waals surface area contributed by atoms with Gasteiger partial charge in [0.1, 0.15) is 0 Å². The molecular formula is C11H15ClN2O2. The van der Waals surface area contributed by atoms with Crippen LogP contribution in [0.4, 0.5) is 5.69 Å². The fourth-order valence-corrected chi connectivity index (χ4v) is 1.66. The van der Waals surface area contributed by atoms with Crippen molar-refractivity contribution < 1.29 is 9.90 Å². The van der Waals surface area contributed by atoms with E-state index in [1.807, 2.05) is 0 Å². The normalized spacial score (nSPS) is 12.2. The van der Waals surface area contributed by atoms with E-state index in [2.05, 4.69) is 0 Å². The van der Waals surface area contributed by atoms with Crippen LogP contribution in [0.2, 0.25) is 5.02 Å². The van der Waals surface area contributed by atoms with E-state index in [0.717, 1.165) is 0 Å². The summed E-state index contributed by atoms with van der Waals surface area (Å²) in [6.07, 6.45) is -0.568. The van der Waals surface area contributed by atoms with Gasteiger partial charge in [-0.25, -0.2) is 0 Å². The van der Waals surface area contributed by atoms with Crippen molar-refractivity contribution in [3.05, 3.63) is 28.8 Å². The highest BCUT2D eigenvalue weighted by Crippen LogP contribution is 2.20. The van der Waals surface area contributed by atoms with Crippen LogP contribution in [0.1, 0.15) is 17.3 Å². The lowest BCUT2D eigenvalue weighted by Gasteiger charge is -2.19. The van der Waals surface area contributed by atoms with Crippen LogP contribution in [-0.2, 0) is 0 Å². The van der Waals surface area contributed by atoms with E-state index in [-0.39, 0.29) is 12.5 Å². The smallest absolute Gasteiger partial charge is 0.255 e. The van der Waals surface area contributed by atoms with E-state index in [1.165, 1.54) is 11.0 Å². The van der Waals surface area contributed by atoms with Crippen LogP contribution in [0.3, 0.4) is 0 Å². The summed E-state index contributed by atoms with van der Waals surface area (Å²) in [7, 11) is 1.61. The van der Waals surface area contributed by atoms with Crippen molar-refractivity contribution in [3.8, 4) is 0 Å². The zero-order chi connectivity index (χ0) is 12.3. The second-order valence-electron chi connectivity index (χ2n) is 3.77. The molecule has 0 aliphatic heterocycles. The molecule has 3 N–H and O–H groups in total. The number of hydrogen-bond donors (Lipinski definition) is 2. The Kier molecular flexibility index (Phi) is 4.15. The summed E-state index contributed by atoms with van der Waals surface area (Å²) < 4.78 is 0. The Bertz CT molecular complexity index is 394. The number of nitrogen functional groups attached to an aromatic ring is 1. The molecule has 0 bridgehead atoms. The summed E-state index contributed by atoms with van der Waals surface area (Å²) in [6, 6.07) is 4.73. The predicted octanol–water partition coefficient (Wildman–Crippen LogP) is 1.38. The molecule has 5 heteroatoms. The number of carbonyl (C=O) groups is 1. The minimum atomic E-state index is -0.568. The molecule has 1 amide bonds. The van der Waals surface area contributed by atoms with Crippen LogP contribution < -0.4 is 5.73 Å². The number of aliphatic hydroxyl groups excluding tert-OH is 1. The minimum Gasteiger partial charge on any atom is -0.399 e. The molecule has 0 heterocycles. The zero-order valence-electron chi connectivity index (χ0n) is 9.27. The molecule has 4 nitrogen and oxygen atoms in total. The zero-order valence-corrected chi connectivity index (χ0v) is 10.0. The van der Waals surface area contributed by atoms with Crippen molar-refractivity contribution in [1.29, 1.82) is 0 Å². The second-order valence-corrected chi connectivity index (χ2v) is 4.18. The third-order valence-electron chi connectivity index (χ3n) is 2.11. The monoisotopic (exact) mass is 242 g/mol. The van der Waals surface area contributed by atoms with Gasteiger partial charge in [-0.15, -0.1) is 0 Å². The van der Waals surface area contributed by atoms with Gasteiger partial charge in [-0.05, 0) is 25.1 Å². The van der Waals surface area contributed by atoms with Gasteiger partial charge >= 0.3 is 0 Å². The fraction of sp³-hybridized carbons (Fsp3) is 0.364. The lowest BCUT2D eigenvalue weighted by atomic mass is 10.2. The van der Waals surface area contributed by atoms with E-state index < -0.39 is 6.10 Å². The third-order valence-corrected chi connectivity index (χ3v) is 2.42. The Morgan fingerprint density at radius 2 is 2.25 bits per heavy atom. The lowest BCUT2D eigenvalue weighted by Crippen LogP contribution is -2.33. The molecule has 1 aromatic carbocycles. The van der Waals surface area contributed by atoms with Crippen LogP contribution in [0.5, 0.6) is 0 Å². The number of nitrogens with two attached hydrogens (primary N) is 1. The van der Waals surface area contributed by atoms with E-state index >= 15 is 0 Å². The molecular weight excluding hydrogens is 228 g/mol. The van der Waals surface area contributed by atoms with Crippen molar-refractivity contribution >= 4 is 23.2 Å². The number of likely N-dealkylation sites (N-methyl/N-ethyl adjacent to an activating group) is 1. The second kappa shape index (κ2) is 5.18. The Balaban J connectivity index is 2.88. The highest BCUT2D eigenvalue weighted by Gasteiger charge is 2.16. The molecule has 88 valence electrons. The van der Waals surface area contributed by atoms with Crippen molar-refractivity contribution in [2.45, 2.75) is 13.0 Å². The number of halogens is 1. The standard InChI is InChI=1S/C11H15ClN2O2/c1-7(15)6-14(2)11(16)9-4-3-8(13)5-10(9)12/h3-5,7,15H,6,13H2,1-2H3. The van der Waals surface area contributed by atoms with Crippen LogP contribution in [0.25, 0.3) is 0 Å². The number of aliphatic hydroxyl groups is 1. The van der Waals surface area contributed by atoms with Gasteiger partial charge in [0.05, 0.1) is 16.7 Å². The van der Waals surface area contributed by atoms with Crippen LogP contribution in [0.15, 0.2) is 18.2 Å². The van der Waals surface area contributed by atoms with Gasteiger partial charge in [0.25, 0.3) is 5.91 Å².